The summed E-state index contributed by atoms with van der Waals surface area (Å²) in [6.45, 7) is 1.95. The van der Waals surface area contributed by atoms with Crippen LogP contribution in [0.4, 0.5) is 5.69 Å². The third-order valence-corrected chi connectivity index (χ3v) is 18.9. The highest BCUT2D eigenvalue weighted by Crippen LogP contribution is 2.40. The lowest BCUT2D eigenvalue weighted by Gasteiger charge is -2.46. The van der Waals surface area contributed by atoms with Crippen molar-refractivity contribution >= 4 is 76.9 Å². The van der Waals surface area contributed by atoms with Crippen molar-refractivity contribution in [3.05, 3.63) is 150 Å². The normalized spacial score (nSPS) is 22.6. The number of aliphatic hydroxyl groups is 6. The Morgan fingerprint density at radius 3 is 1.48 bits per heavy atom. The number of benzene rings is 5. The summed E-state index contributed by atoms with van der Waals surface area (Å²) in [5.74, 6) is -4.93. The molecule has 2 aliphatic rings. The number of anilines is 1. The SMILES string of the molecule is CC(=O)N[C@H]1[C@H]([C@H](O)[C@H](O)CNC(=O)c2ccc(-c3ccccc3)cc2)C[C@](C=O)(OCCCSCCNC(=O)c2ccc(NC(=O)C(N)CSCCCO[C@@]3(C(=O)O)C[C@@H]([C@H](O)[C@H](O)CNC(=O)c4ccc(-c5ccccc5)cc4)[C@H](NC(C)=O)[C@@H](O)C3)cc2)C[C@@H]1O. The largest absolute Gasteiger partial charge is 0.479 e. The molecular weight excluding hydrogens is 1250 g/mol. The predicted molar refractivity (Wildman–Crippen MR) is 355 cm³/mol. The highest BCUT2D eigenvalue weighted by Gasteiger charge is 2.55. The van der Waals surface area contributed by atoms with E-state index in [1.807, 2.05) is 60.7 Å². The van der Waals surface area contributed by atoms with Crippen molar-refractivity contribution in [2.24, 2.45) is 17.6 Å². The second-order valence-corrected chi connectivity index (χ2v) is 26.0. The zero-order valence-electron chi connectivity index (χ0n) is 52.3. The van der Waals surface area contributed by atoms with E-state index in [0.717, 1.165) is 22.3 Å². The first-order valence-corrected chi connectivity index (χ1v) is 33.4. The van der Waals surface area contributed by atoms with Crippen molar-refractivity contribution < 1.29 is 83.6 Å². The molecule has 5 aromatic carbocycles. The summed E-state index contributed by atoms with van der Waals surface area (Å²) in [5.41, 5.74) is 7.72. The Balaban J connectivity index is 0.776. The van der Waals surface area contributed by atoms with Crippen molar-refractivity contribution in [3.63, 3.8) is 0 Å². The fourth-order valence-corrected chi connectivity index (χ4v) is 13.4. The third-order valence-electron chi connectivity index (χ3n) is 16.7. The second kappa shape index (κ2) is 35.8. The van der Waals surface area contributed by atoms with Crippen LogP contribution in [0.1, 0.15) is 83.4 Å². The van der Waals surface area contributed by atoms with Crippen LogP contribution in [0.5, 0.6) is 0 Å². The van der Waals surface area contributed by atoms with Crippen molar-refractivity contribution in [1.29, 1.82) is 0 Å². The lowest BCUT2D eigenvalue weighted by atomic mass is 9.70. The number of carbonyl (C=O) groups excluding carboxylic acids is 7. The molecule has 26 heteroatoms. The minimum absolute atomic E-state index is 0.0977. The minimum Gasteiger partial charge on any atom is -0.479 e. The maximum atomic E-state index is 13.0. The molecule has 0 radical (unpaired) electrons. The number of carboxylic acids is 1. The molecule has 94 heavy (non-hydrogen) atoms. The van der Waals surface area contributed by atoms with E-state index < -0.39 is 133 Å². The molecule has 2 fully saturated rings. The molecule has 506 valence electrons. The lowest BCUT2D eigenvalue weighted by Crippen LogP contribution is -2.63. The fraction of sp³-hybridized carbons (Fsp3) is 0.441. The van der Waals surface area contributed by atoms with Crippen LogP contribution in [0.3, 0.4) is 0 Å². The first-order valence-electron chi connectivity index (χ1n) is 31.1. The van der Waals surface area contributed by atoms with Gasteiger partial charge in [-0.2, -0.15) is 23.5 Å². The van der Waals surface area contributed by atoms with Crippen molar-refractivity contribution in [2.75, 3.05) is 61.2 Å². The standard InChI is InChI=1S/C68H85N7O17S2/c1-41(77)73-58-51(60(83)56(81)37-71-63(86)47-19-15-45(16-20-47)43-11-5-3-6-12-43)33-67(40-76,35-54(58)79)91-28-9-30-93-32-27-70-62(85)49-23-25-50(26-24-49)75-65(88)53(69)39-94-31-10-29-92-68(66(89)90)34-52(59(55(80)36-68)74-42(2)78)61(84)57(82)38-72-64(87)48-21-17-46(18-22-48)44-13-7-4-8-14-44/h3-8,11-26,40,51-61,79-84H,9-10,27-39,69H2,1-2H3,(H,70,85)(H,71,86)(H,72,87)(H,73,77)(H,74,78)(H,75,88)(H,89,90)/t51-,52-,53?,54+,55+,56-,57-,58+,59+,60+,61+,67+,68+/m1/s1. The minimum atomic E-state index is -2.02. The Morgan fingerprint density at radius 2 is 1.00 bits per heavy atom. The van der Waals surface area contributed by atoms with Gasteiger partial charge in [0, 0.05) is 105 Å². The Kier molecular flexibility index (Phi) is 28.1. The number of hydrogen-bond donors (Lipinski definition) is 14. The topological polar surface area (TPSA) is 395 Å². The van der Waals surface area contributed by atoms with Gasteiger partial charge in [-0.1, -0.05) is 84.9 Å². The molecule has 0 heterocycles. The van der Waals surface area contributed by atoms with Crippen LogP contribution in [0, 0.1) is 11.8 Å². The first-order chi connectivity index (χ1) is 45.0. The number of ether oxygens (including phenoxy) is 2. The number of nitrogens with one attached hydrogen (secondary N) is 6. The summed E-state index contributed by atoms with van der Waals surface area (Å²) in [4.78, 5) is 102. The van der Waals surface area contributed by atoms with Gasteiger partial charge in [0.25, 0.3) is 17.7 Å². The Bertz CT molecular complexity index is 3310. The molecule has 13 atom stereocenters. The number of aldehydes is 1. The maximum absolute atomic E-state index is 13.0. The van der Waals surface area contributed by atoms with E-state index in [2.05, 4.69) is 31.9 Å². The Hall–Kier alpha value is -7.60. The summed E-state index contributed by atoms with van der Waals surface area (Å²) in [6.07, 6.45) is -9.13. The number of hydrogen-bond acceptors (Lipinski definition) is 19. The number of amides is 6. The Labute approximate surface area is 553 Å². The maximum Gasteiger partial charge on any atom is 0.336 e. The van der Waals surface area contributed by atoms with E-state index in [4.69, 9.17) is 15.2 Å². The van der Waals surface area contributed by atoms with Crippen molar-refractivity contribution in [2.45, 2.75) is 118 Å². The van der Waals surface area contributed by atoms with Gasteiger partial charge in [0.2, 0.25) is 17.7 Å². The monoisotopic (exact) mass is 1340 g/mol. The summed E-state index contributed by atoms with van der Waals surface area (Å²) in [7, 11) is 0. The molecule has 0 saturated heterocycles. The number of aliphatic hydroxyl groups excluding tert-OH is 6. The summed E-state index contributed by atoms with van der Waals surface area (Å²) < 4.78 is 12.0. The molecule has 15 N–H and O–H groups in total. The number of nitrogens with two attached hydrogens (primary N) is 1. The second-order valence-electron chi connectivity index (χ2n) is 23.7. The molecule has 2 aliphatic carbocycles. The number of aliphatic carboxylic acids is 1. The zero-order valence-corrected chi connectivity index (χ0v) is 54.0. The molecular formula is C68H85N7O17S2. The van der Waals surface area contributed by atoms with Gasteiger partial charge in [0.05, 0.1) is 54.7 Å². The summed E-state index contributed by atoms with van der Waals surface area (Å²) in [5, 5.41) is 94.0. The fourth-order valence-electron chi connectivity index (χ4n) is 11.7. The van der Waals surface area contributed by atoms with Crippen LogP contribution in [0.15, 0.2) is 133 Å². The highest BCUT2D eigenvalue weighted by atomic mass is 32.2. The van der Waals surface area contributed by atoms with Crippen LogP contribution in [0.2, 0.25) is 0 Å². The number of carboxylic acid groups (broad SMARTS) is 1. The molecule has 2 saturated carbocycles. The number of rotatable bonds is 34. The Morgan fingerprint density at radius 1 is 0.564 bits per heavy atom. The van der Waals surface area contributed by atoms with Gasteiger partial charge in [-0.05, 0) is 108 Å². The molecule has 6 amide bonds. The number of carbonyl (C=O) groups is 8. The van der Waals surface area contributed by atoms with Gasteiger partial charge in [-0.15, -0.1) is 0 Å². The average molecular weight is 1340 g/mol. The van der Waals surface area contributed by atoms with Gasteiger partial charge in [-0.3, -0.25) is 28.8 Å². The van der Waals surface area contributed by atoms with Crippen molar-refractivity contribution in [3.8, 4) is 22.3 Å². The quantitative estimate of drug-likeness (QED) is 0.0208. The van der Waals surface area contributed by atoms with E-state index in [1.165, 1.54) is 37.4 Å². The molecule has 1 unspecified atom stereocenters. The summed E-state index contributed by atoms with van der Waals surface area (Å²) in [6, 6.07) is 35.9. The van der Waals surface area contributed by atoms with Crippen LogP contribution >= 0.6 is 23.5 Å². The molecule has 0 aromatic heterocycles. The molecule has 0 spiro atoms. The van der Waals surface area contributed by atoms with E-state index in [9.17, 15) is 74.1 Å². The zero-order chi connectivity index (χ0) is 68.0. The van der Waals surface area contributed by atoms with Gasteiger partial charge in [0.15, 0.2) is 11.9 Å². The van der Waals surface area contributed by atoms with Crippen LogP contribution in [0.25, 0.3) is 22.3 Å². The van der Waals surface area contributed by atoms with E-state index in [0.29, 0.717) is 65.3 Å². The predicted octanol–water partition coefficient (Wildman–Crippen LogP) is 2.91. The average Bonchev–Trinajstić information content (AvgIpc) is 0.781. The van der Waals surface area contributed by atoms with Gasteiger partial charge >= 0.3 is 5.97 Å². The van der Waals surface area contributed by atoms with E-state index >= 15 is 0 Å². The van der Waals surface area contributed by atoms with Gasteiger partial charge in [-0.25, -0.2) is 4.79 Å². The first kappa shape index (κ1) is 73.8. The smallest absolute Gasteiger partial charge is 0.336 e. The van der Waals surface area contributed by atoms with Gasteiger partial charge < -0.3 is 87.6 Å². The lowest BCUT2D eigenvalue weighted by molar-refractivity contribution is -0.189. The van der Waals surface area contributed by atoms with Gasteiger partial charge in [0.1, 0.15) is 5.60 Å². The molecule has 0 bridgehead atoms. The van der Waals surface area contributed by atoms with Crippen LogP contribution in [-0.2, 0) is 33.4 Å². The molecule has 5 aromatic rings. The number of thioether (sulfide) groups is 2. The van der Waals surface area contributed by atoms with E-state index in [-0.39, 0.29) is 44.3 Å². The van der Waals surface area contributed by atoms with Crippen LogP contribution < -0.4 is 37.6 Å². The highest BCUT2D eigenvalue weighted by molar-refractivity contribution is 7.99. The molecule has 24 nitrogen and oxygen atoms in total. The van der Waals surface area contributed by atoms with Crippen molar-refractivity contribution in [1.82, 2.24) is 26.6 Å². The summed E-state index contributed by atoms with van der Waals surface area (Å²) >= 11 is 2.83. The van der Waals surface area contributed by atoms with E-state index in [1.54, 1.807) is 72.8 Å². The van der Waals surface area contributed by atoms with Crippen LogP contribution in [-0.4, -0.2) is 205 Å². The third kappa shape index (κ3) is 20.9. The molecule has 7 rings (SSSR count). The molecule has 0 aliphatic heterocycles.